The monoisotopic (exact) mass is 619 g/mol. The summed E-state index contributed by atoms with van der Waals surface area (Å²) in [7, 11) is 0. The maximum absolute atomic E-state index is 13.7. The van der Waals surface area contributed by atoms with E-state index in [0.717, 1.165) is 11.6 Å². The lowest BCUT2D eigenvalue weighted by Gasteiger charge is -2.12. The molecule has 5 rings (SSSR count). The average Bonchev–Trinajstić information content (AvgIpc) is 3.54. The van der Waals surface area contributed by atoms with Gasteiger partial charge in [0.1, 0.15) is 26.2 Å². The van der Waals surface area contributed by atoms with Crippen LogP contribution in [0, 0.1) is 6.92 Å². The molecule has 3 N–H and O–H groups in total. The van der Waals surface area contributed by atoms with Crippen molar-refractivity contribution in [3.63, 3.8) is 0 Å². The van der Waals surface area contributed by atoms with Gasteiger partial charge in [0.05, 0.1) is 10.7 Å². The van der Waals surface area contributed by atoms with Crippen LogP contribution in [-0.2, 0) is 12.9 Å². The van der Waals surface area contributed by atoms with Crippen molar-refractivity contribution >= 4 is 62.3 Å². The number of rotatable bonds is 7. The maximum Gasteiger partial charge on any atom is 0.433 e. The van der Waals surface area contributed by atoms with Crippen LogP contribution < -0.4 is 15.8 Å². The van der Waals surface area contributed by atoms with Crippen molar-refractivity contribution in [2.24, 2.45) is 5.73 Å². The second-order valence-corrected chi connectivity index (χ2v) is 10.6. The number of pyridine rings is 1. The quantitative estimate of drug-likeness (QED) is 0.200. The summed E-state index contributed by atoms with van der Waals surface area (Å²) >= 11 is 12.8. The molecule has 5 aromatic rings. The van der Waals surface area contributed by atoms with Gasteiger partial charge in [0, 0.05) is 11.6 Å². The number of halogens is 5. The molecule has 0 unspecified atom stereocenters. The summed E-state index contributed by atoms with van der Waals surface area (Å²) in [4.78, 5) is 29.0. The molecule has 0 radical (unpaired) electrons. The Morgan fingerprint density at radius 3 is 2.54 bits per heavy atom. The minimum atomic E-state index is -4.75. The summed E-state index contributed by atoms with van der Waals surface area (Å²) in [5, 5.41) is 7.45. The van der Waals surface area contributed by atoms with Gasteiger partial charge in [-0.1, -0.05) is 59.1 Å². The fraction of sp³-hybridized carbons (Fsp3) is 0.111. The number of thiophene rings is 1. The number of aromatic nitrogens is 3. The summed E-state index contributed by atoms with van der Waals surface area (Å²) in [5.74, 6) is -1.36. The molecule has 210 valence electrons. The zero-order chi connectivity index (χ0) is 29.5. The largest absolute Gasteiger partial charge is 0.470 e. The minimum absolute atomic E-state index is 0.0580. The van der Waals surface area contributed by atoms with Crippen molar-refractivity contribution in [1.29, 1.82) is 0 Å². The first kappa shape index (κ1) is 28.4. The standard InChI is InChI=1S/C27H18Cl2F3N5O3S/c1-13-5-7-14(8-6-13)15-11-19(27(30,31)32)34-26-20(15)22(23(41-26)24(33)38)35-25(39)17-9-10-37(36-17)12-40-18-4-2-3-16(28)21(18)29/h2-11H,12H2,1H3,(H2,33,38)(H,35,39). The number of fused-ring (bicyclic) bond motifs is 1. The van der Waals surface area contributed by atoms with E-state index < -0.39 is 23.7 Å². The molecular weight excluding hydrogens is 602 g/mol. The van der Waals surface area contributed by atoms with Gasteiger partial charge in [-0.15, -0.1) is 11.3 Å². The van der Waals surface area contributed by atoms with E-state index in [0.29, 0.717) is 27.7 Å². The Hall–Kier alpha value is -4.13. The van der Waals surface area contributed by atoms with Crippen LogP contribution >= 0.6 is 34.5 Å². The molecule has 0 fully saturated rings. The van der Waals surface area contributed by atoms with Crippen molar-refractivity contribution < 1.29 is 27.5 Å². The zero-order valence-corrected chi connectivity index (χ0v) is 23.3. The molecule has 0 saturated heterocycles. The van der Waals surface area contributed by atoms with E-state index >= 15 is 0 Å². The first-order valence-corrected chi connectivity index (χ1v) is 13.3. The molecular formula is C27H18Cl2F3N5O3S. The van der Waals surface area contributed by atoms with Crippen LogP contribution in [0.1, 0.15) is 31.4 Å². The van der Waals surface area contributed by atoms with Gasteiger partial charge < -0.3 is 15.8 Å². The van der Waals surface area contributed by atoms with E-state index in [1.165, 1.54) is 16.9 Å². The van der Waals surface area contributed by atoms with Crippen molar-refractivity contribution in [3.8, 4) is 16.9 Å². The Bertz CT molecular complexity index is 1800. The number of hydrogen-bond donors (Lipinski definition) is 2. The second-order valence-electron chi connectivity index (χ2n) is 8.79. The molecule has 0 aliphatic rings. The number of primary amides is 1. The number of anilines is 1. The second kappa shape index (κ2) is 11.0. The van der Waals surface area contributed by atoms with E-state index in [2.05, 4.69) is 15.4 Å². The predicted octanol–water partition coefficient (Wildman–Crippen LogP) is 7.18. The number of alkyl halides is 3. The van der Waals surface area contributed by atoms with Crippen molar-refractivity contribution in [1.82, 2.24) is 14.8 Å². The number of benzene rings is 2. The molecule has 14 heteroatoms. The molecule has 0 spiro atoms. The smallest absolute Gasteiger partial charge is 0.433 e. The molecule has 0 bridgehead atoms. The molecule has 3 aromatic heterocycles. The van der Waals surface area contributed by atoms with Gasteiger partial charge in [0.25, 0.3) is 11.8 Å². The number of amides is 2. The molecule has 0 atom stereocenters. The highest BCUT2D eigenvalue weighted by Gasteiger charge is 2.35. The molecule has 3 heterocycles. The van der Waals surface area contributed by atoms with Crippen LogP contribution in [0.3, 0.4) is 0 Å². The van der Waals surface area contributed by atoms with Crippen LogP contribution in [0.4, 0.5) is 18.9 Å². The first-order valence-electron chi connectivity index (χ1n) is 11.8. The fourth-order valence-electron chi connectivity index (χ4n) is 3.96. The Morgan fingerprint density at radius 1 is 1.12 bits per heavy atom. The predicted molar refractivity (Wildman–Crippen MR) is 151 cm³/mol. The summed E-state index contributed by atoms with van der Waals surface area (Å²) < 4.78 is 48.1. The number of nitrogens with two attached hydrogens (primary N) is 1. The maximum atomic E-state index is 13.7. The topological polar surface area (TPSA) is 112 Å². The van der Waals surface area contributed by atoms with Gasteiger partial charge in [-0.2, -0.15) is 18.3 Å². The van der Waals surface area contributed by atoms with Crippen molar-refractivity contribution in [3.05, 3.63) is 92.7 Å². The van der Waals surface area contributed by atoms with Gasteiger partial charge in [-0.05, 0) is 42.3 Å². The lowest BCUT2D eigenvalue weighted by Crippen LogP contribution is -2.18. The zero-order valence-electron chi connectivity index (χ0n) is 20.9. The van der Waals surface area contributed by atoms with E-state index in [9.17, 15) is 22.8 Å². The summed E-state index contributed by atoms with van der Waals surface area (Å²) in [5.41, 5.74) is 5.75. The van der Waals surface area contributed by atoms with Crippen LogP contribution in [0.2, 0.25) is 10.0 Å². The number of carbonyl (C=O) groups excluding carboxylic acids is 2. The highest BCUT2D eigenvalue weighted by molar-refractivity contribution is 7.21. The molecule has 2 amide bonds. The van der Waals surface area contributed by atoms with Crippen molar-refractivity contribution in [2.45, 2.75) is 19.8 Å². The first-order chi connectivity index (χ1) is 19.4. The number of nitrogens with zero attached hydrogens (tertiary/aromatic N) is 3. The molecule has 0 aliphatic carbocycles. The number of aryl methyl sites for hydroxylation is 1. The molecule has 0 aliphatic heterocycles. The summed E-state index contributed by atoms with van der Waals surface area (Å²) in [6.45, 7) is 1.73. The third-order valence-electron chi connectivity index (χ3n) is 5.92. The number of hydrogen-bond acceptors (Lipinski definition) is 6. The molecule has 8 nitrogen and oxygen atoms in total. The summed E-state index contributed by atoms with van der Waals surface area (Å²) in [6.07, 6.45) is -3.28. The minimum Gasteiger partial charge on any atom is -0.470 e. The number of carbonyl (C=O) groups is 2. The van der Waals surface area contributed by atoms with Crippen LogP contribution in [0.25, 0.3) is 21.3 Å². The lowest BCUT2D eigenvalue weighted by molar-refractivity contribution is -0.140. The third kappa shape index (κ3) is 5.85. The normalized spacial score (nSPS) is 11.6. The van der Waals surface area contributed by atoms with E-state index in [-0.39, 0.29) is 43.8 Å². The highest BCUT2D eigenvalue weighted by Crippen LogP contribution is 2.43. The Balaban J connectivity index is 1.51. The van der Waals surface area contributed by atoms with Crippen LogP contribution in [0.5, 0.6) is 5.75 Å². The molecule has 0 saturated carbocycles. The van der Waals surface area contributed by atoms with Gasteiger partial charge in [0.2, 0.25) is 0 Å². The number of nitrogens with one attached hydrogen (secondary N) is 1. The van der Waals surface area contributed by atoms with Gasteiger partial charge >= 0.3 is 6.18 Å². The summed E-state index contributed by atoms with van der Waals surface area (Å²) in [6, 6.07) is 13.9. The Morgan fingerprint density at radius 2 is 1.85 bits per heavy atom. The highest BCUT2D eigenvalue weighted by atomic mass is 35.5. The van der Waals surface area contributed by atoms with Gasteiger partial charge in [-0.3, -0.25) is 9.59 Å². The van der Waals surface area contributed by atoms with Crippen LogP contribution in [0.15, 0.2) is 60.8 Å². The molecule has 2 aromatic carbocycles. The third-order valence-corrected chi connectivity index (χ3v) is 7.82. The Kier molecular flexibility index (Phi) is 7.64. The van der Waals surface area contributed by atoms with Crippen molar-refractivity contribution in [2.75, 3.05) is 5.32 Å². The Labute approximate surface area is 244 Å². The van der Waals surface area contributed by atoms with Gasteiger partial charge in [-0.25, -0.2) is 9.67 Å². The lowest BCUT2D eigenvalue weighted by atomic mass is 10.00. The van der Waals surface area contributed by atoms with Gasteiger partial charge in [0.15, 0.2) is 12.4 Å². The van der Waals surface area contributed by atoms with Crippen LogP contribution in [-0.4, -0.2) is 26.6 Å². The molecule has 41 heavy (non-hydrogen) atoms. The number of ether oxygens (including phenoxy) is 1. The van der Waals surface area contributed by atoms with E-state index in [1.807, 2.05) is 6.92 Å². The fourth-order valence-corrected chi connectivity index (χ4v) is 5.31. The average molecular weight is 620 g/mol. The SMILES string of the molecule is Cc1ccc(-c2cc(C(F)(F)F)nc3sc(C(N)=O)c(NC(=O)c4ccn(COc5cccc(Cl)c5Cl)n4)c23)cc1. The van der Waals surface area contributed by atoms with E-state index in [4.69, 9.17) is 33.7 Å². The van der Waals surface area contributed by atoms with E-state index in [1.54, 1.807) is 42.5 Å².